The molecule has 0 spiro atoms. The fraction of sp³-hybridized carbons (Fsp3) is 0.450. The number of hydrogen-bond acceptors (Lipinski definition) is 3. The summed E-state index contributed by atoms with van der Waals surface area (Å²) in [5.74, 6) is 0.811. The molecule has 3 fully saturated rings. The molecule has 5 aliphatic rings. The fourth-order valence-electron chi connectivity index (χ4n) is 5.27. The van der Waals surface area contributed by atoms with Gasteiger partial charge in [0, 0.05) is 12.6 Å². The molecule has 1 aromatic rings. The van der Waals surface area contributed by atoms with E-state index in [2.05, 4.69) is 12.2 Å². The Balaban J connectivity index is 1.45. The van der Waals surface area contributed by atoms with E-state index < -0.39 is 0 Å². The number of para-hydroxylation sites is 1. The number of amides is 3. The van der Waals surface area contributed by atoms with Gasteiger partial charge in [-0.15, -0.1) is 0 Å². The van der Waals surface area contributed by atoms with Crippen LogP contribution in [0.3, 0.4) is 0 Å². The molecule has 5 nitrogen and oxygen atoms in total. The molecule has 1 aliphatic heterocycles. The molecular weight excluding hydrogens is 316 g/mol. The minimum Gasteiger partial charge on any atom is -0.294 e. The van der Waals surface area contributed by atoms with Gasteiger partial charge in [0.2, 0.25) is 17.7 Å². The second-order valence-corrected chi connectivity index (χ2v) is 7.68. The fourth-order valence-corrected chi connectivity index (χ4v) is 5.27. The lowest BCUT2D eigenvalue weighted by atomic mass is 9.63. The van der Waals surface area contributed by atoms with Gasteiger partial charge in [0.05, 0.1) is 11.8 Å². The summed E-state index contributed by atoms with van der Waals surface area (Å²) in [4.78, 5) is 41.0. The number of carbonyl (C=O) groups excluding carboxylic acids is 3. The summed E-state index contributed by atoms with van der Waals surface area (Å²) in [7, 11) is 0. The lowest BCUT2D eigenvalue weighted by molar-refractivity contribution is -0.140. The Morgan fingerprint density at radius 1 is 1.04 bits per heavy atom. The number of carbonyl (C=O) groups is 3. The molecule has 25 heavy (non-hydrogen) atoms. The number of rotatable bonds is 3. The zero-order chi connectivity index (χ0) is 17.3. The van der Waals surface area contributed by atoms with Crippen molar-refractivity contribution in [3.63, 3.8) is 0 Å². The third-order valence-corrected chi connectivity index (χ3v) is 6.48. The minimum absolute atomic E-state index is 0.0127. The summed E-state index contributed by atoms with van der Waals surface area (Å²) in [6, 6.07) is 9.20. The summed E-state index contributed by atoms with van der Waals surface area (Å²) in [6.45, 7) is 1.48. The minimum atomic E-state index is -0.212. The normalized spacial score (nSPS) is 37.1. The van der Waals surface area contributed by atoms with Crippen LogP contribution in [-0.4, -0.2) is 29.3 Å². The van der Waals surface area contributed by atoms with E-state index in [4.69, 9.17) is 0 Å². The maximum atomic E-state index is 13.0. The molecule has 5 heteroatoms. The van der Waals surface area contributed by atoms with E-state index in [9.17, 15) is 14.4 Å². The van der Waals surface area contributed by atoms with E-state index in [1.54, 1.807) is 0 Å². The average Bonchev–Trinajstić information content (AvgIpc) is 3.40. The van der Waals surface area contributed by atoms with Gasteiger partial charge in [-0.3, -0.25) is 24.2 Å². The van der Waals surface area contributed by atoms with E-state index in [0.717, 1.165) is 6.42 Å². The lowest BCUT2D eigenvalue weighted by Crippen LogP contribution is -2.44. The molecule has 6 atom stereocenters. The van der Waals surface area contributed by atoms with E-state index in [1.807, 2.05) is 30.3 Å². The smallest absolute Gasteiger partial charge is 0.235 e. The molecular formula is C20H20N2O3. The molecule has 0 aromatic heterocycles. The number of likely N-dealkylation sites (tertiary alicyclic amines) is 1. The highest BCUT2D eigenvalue weighted by Gasteiger charge is 2.67. The van der Waals surface area contributed by atoms with Gasteiger partial charge in [0.25, 0.3) is 0 Å². The second kappa shape index (κ2) is 5.04. The van der Waals surface area contributed by atoms with Crippen molar-refractivity contribution >= 4 is 23.4 Å². The van der Waals surface area contributed by atoms with Crippen LogP contribution in [0.4, 0.5) is 5.69 Å². The van der Waals surface area contributed by atoms with Crippen LogP contribution >= 0.6 is 0 Å². The van der Waals surface area contributed by atoms with E-state index >= 15 is 0 Å². The number of imide groups is 1. The highest BCUT2D eigenvalue weighted by atomic mass is 16.2. The highest BCUT2D eigenvalue weighted by molar-refractivity contribution is 6.07. The highest BCUT2D eigenvalue weighted by Crippen LogP contribution is 2.65. The van der Waals surface area contributed by atoms with Crippen LogP contribution in [0.1, 0.15) is 13.3 Å². The first-order chi connectivity index (χ1) is 12.1. The molecule has 2 bridgehead atoms. The largest absolute Gasteiger partial charge is 0.294 e. The molecule has 4 aliphatic carbocycles. The van der Waals surface area contributed by atoms with Crippen LogP contribution in [-0.2, 0) is 14.4 Å². The average molecular weight is 336 g/mol. The first-order valence-electron chi connectivity index (χ1n) is 8.94. The molecule has 6 rings (SSSR count). The van der Waals surface area contributed by atoms with Crippen LogP contribution < -0.4 is 4.90 Å². The number of benzene rings is 1. The molecule has 0 N–H and O–H groups in total. The van der Waals surface area contributed by atoms with Crippen molar-refractivity contribution in [1.82, 2.24) is 4.90 Å². The quantitative estimate of drug-likeness (QED) is 0.627. The van der Waals surface area contributed by atoms with Crippen LogP contribution in [0.5, 0.6) is 0 Å². The summed E-state index contributed by atoms with van der Waals surface area (Å²) in [5.41, 5.74) is 0.703. The van der Waals surface area contributed by atoms with Gasteiger partial charge in [-0.05, 0) is 42.2 Å². The first-order valence-corrected chi connectivity index (χ1v) is 8.94. The molecule has 128 valence electrons. The Morgan fingerprint density at radius 2 is 1.60 bits per heavy atom. The maximum absolute atomic E-state index is 13.0. The monoisotopic (exact) mass is 336 g/mol. The Labute approximate surface area is 146 Å². The van der Waals surface area contributed by atoms with Crippen LogP contribution in [0, 0.1) is 35.5 Å². The Morgan fingerprint density at radius 3 is 2.12 bits per heavy atom. The molecule has 0 unspecified atom stereocenters. The third kappa shape index (κ3) is 1.98. The number of anilines is 1. The van der Waals surface area contributed by atoms with Crippen molar-refractivity contribution in [2.24, 2.45) is 35.5 Å². The van der Waals surface area contributed by atoms with Gasteiger partial charge in [-0.1, -0.05) is 30.4 Å². The SMILES string of the molecule is CC(=O)N(CN1C(=O)[C@@H]2[C@H]3C=C[C@@H]([C@@H]4C[C@@H]34)[C@@H]2C1=O)c1ccccc1. The molecule has 2 saturated carbocycles. The maximum Gasteiger partial charge on any atom is 0.235 e. The molecule has 1 heterocycles. The number of hydrogen-bond donors (Lipinski definition) is 0. The van der Waals surface area contributed by atoms with Crippen molar-refractivity contribution in [1.29, 1.82) is 0 Å². The first kappa shape index (κ1) is 14.9. The predicted octanol–water partition coefficient (Wildman–Crippen LogP) is 2.05. The zero-order valence-corrected chi connectivity index (χ0v) is 14.0. The second-order valence-electron chi connectivity index (χ2n) is 7.68. The van der Waals surface area contributed by atoms with E-state index in [1.165, 1.54) is 16.7 Å². The lowest BCUT2D eigenvalue weighted by Gasteiger charge is -2.37. The van der Waals surface area contributed by atoms with E-state index in [-0.39, 0.29) is 48.1 Å². The van der Waals surface area contributed by atoms with Crippen LogP contribution in [0.25, 0.3) is 0 Å². The van der Waals surface area contributed by atoms with Gasteiger partial charge in [-0.2, -0.15) is 0 Å². The van der Waals surface area contributed by atoms with Crippen LogP contribution in [0.15, 0.2) is 42.5 Å². The summed E-state index contributed by atoms with van der Waals surface area (Å²) < 4.78 is 0. The molecule has 0 radical (unpaired) electrons. The van der Waals surface area contributed by atoms with Gasteiger partial charge in [-0.25, -0.2) is 0 Å². The molecule has 3 amide bonds. The summed E-state index contributed by atoms with van der Waals surface area (Å²) in [6.07, 6.45) is 5.47. The topological polar surface area (TPSA) is 57.7 Å². The molecule has 1 aromatic carbocycles. The Bertz CT molecular complexity index is 766. The Kier molecular flexibility index (Phi) is 3.00. The molecule has 1 saturated heterocycles. The number of nitrogens with zero attached hydrogens (tertiary/aromatic N) is 2. The third-order valence-electron chi connectivity index (χ3n) is 6.48. The standard InChI is InChI=1S/C20H20N2O3/c1-11(23)21(12-5-3-2-4-6-12)10-22-19(24)17-13-7-8-14(16-9-15(13)16)18(17)20(22)25/h2-8,13-18H,9-10H2,1H3/t13-,14-,15-,16-,17-,18+/m0/s1. The van der Waals surface area contributed by atoms with Crippen molar-refractivity contribution < 1.29 is 14.4 Å². The van der Waals surface area contributed by atoms with Crippen LogP contribution in [0.2, 0.25) is 0 Å². The summed E-state index contributed by atoms with van der Waals surface area (Å²) >= 11 is 0. The van der Waals surface area contributed by atoms with Crippen molar-refractivity contribution in [2.45, 2.75) is 13.3 Å². The van der Waals surface area contributed by atoms with Crippen molar-refractivity contribution in [3.05, 3.63) is 42.5 Å². The van der Waals surface area contributed by atoms with Gasteiger partial charge >= 0.3 is 0 Å². The van der Waals surface area contributed by atoms with Gasteiger partial charge in [0.15, 0.2) is 0 Å². The number of allylic oxidation sites excluding steroid dienone is 2. The van der Waals surface area contributed by atoms with E-state index in [0.29, 0.717) is 17.5 Å². The van der Waals surface area contributed by atoms with Crippen molar-refractivity contribution in [2.75, 3.05) is 11.6 Å². The van der Waals surface area contributed by atoms with Gasteiger partial charge < -0.3 is 0 Å². The van der Waals surface area contributed by atoms with Crippen molar-refractivity contribution in [3.8, 4) is 0 Å². The Hall–Kier alpha value is -2.43. The zero-order valence-electron chi connectivity index (χ0n) is 14.0. The predicted molar refractivity (Wildman–Crippen MR) is 91.0 cm³/mol. The van der Waals surface area contributed by atoms with Gasteiger partial charge in [0.1, 0.15) is 6.67 Å². The summed E-state index contributed by atoms with van der Waals surface area (Å²) in [5, 5.41) is 0.